The SMILES string of the molecule is CC(C)C[C@@H](C=O)NC(=O)[C@H](CCCCN)NC(=O)[C@H](CC(C)C)NC(=O)[C@H](CC(C)C)NC(=O)[C@H](CC(C)C)NC(=O)[C@H](CC(C)C)NC(=O)[C@@H](N)CCCCN. The molecule has 0 aromatic heterocycles. The fourth-order valence-corrected chi connectivity index (χ4v) is 6.52. The molecule has 16 heteroatoms. The second-order valence-corrected chi connectivity index (χ2v) is 17.9. The molecule has 6 amide bonds. The number of amides is 6. The molecule has 12 N–H and O–H groups in total. The molecule has 0 saturated carbocycles. The van der Waals surface area contributed by atoms with E-state index in [0.717, 1.165) is 6.42 Å². The zero-order valence-electron chi connectivity index (χ0n) is 37.3. The number of carbonyl (C=O) groups excluding carboxylic acids is 7. The van der Waals surface area contributed by atoms with E-state index in [1.165, 1.54) is 0 Å². The third-order valence-electron chi connectivity index (χ3n) is 9.46. The Morgan fingerprint density at radius 1 is 0.414 bits per heavy atom. The summed E-state index contributed by atoms with van der Waals surface area (Å²) in [6.45, 7) is 20.0. The third-order valence-corrected chi connectivity index (χ3v) is 9.46. The van der Waals surface area contributed by atoms with Gasteiger partial charge >= 0.3 is 0 Å². The molecule has 0 aliphatic carbocycles. The number of rotatable bonds is 31. The van der Waals surface area contributed by atoms with E-state index in [-0.39, 0.29) is 55.3 Å². The first-order chi connectivity index (χ1) is 27.1. The molecule has 0 radical (unpaired) electrons. The number of carbonyl (C=O) groups is 7. The lowest BCUT2D eigenvalue weighted by Crippen LogP contribution is -2.60. The Balaban J connectivity index is 6.30. The topological polar surface area (TPSA) is 270 Å². The summed E-state index contributed by atoms with van der Waals surface area (Å²) in [5, 5.41) is 16.8. The fourth-order valence-electron chi connectivity index (χ4n) is 6.52. The van der Waals surface area contributed by atoms with Crippen molar-refractivity contribution in [1.29, 1.82) is 0 Å². The van der Waals surface area contributed by atoms with Crippen LogP contribution in [0.15, 0.2) is 0 Å². The van der Waals surface area contributed by atoms with Gasteiger partial charge in [-0.15, -0.1) is 0 Å². The Kier molecular flexibility index (Phi) is 27.7. The molecule has 336 valence electrons. The molecular formula is C42H81N9O7. The quantitative estimate of drug-likeness (QED) is 0.0362. The highest BCUT2D eigenvalue weighted by Gasteiger charge is 2.34. The van der Waals surface area contributed by atoms with Crippen LogP contribution in [0.1, 0.15) is 140 Å². The Hall–Kier alpha value is -3.63. The average Bonchev–Trinajstić information content (AvgIpc) is 3.11. The van der Waals surface area contributed by atoms with E-state index >= 15 is 0 Å². The van der Waals surface area contributed by atoms with Gasteiger partial charge in [0.2, 0.25) is 35.4 Å². The van der Waals surface area contributed by atoms with Crippen LogP contribution < -0.4 is 49.1 Å². The van der Waals surface area contributed by atoms with E-state index < -0.39 is 77.7 Å². The van der Waals surface area contributed by atoms with Crippen molar-refractivity contribution in [3.8, 4) is 0 Å². The zero-order valence-corrected chi connectivity index (χ0v) is 37.3. The van der Waals surface area contributed by atoms with Crippen LogP contribution in [-0.2, 0) is 33.6 Å². The van der Waals surface area contributed by atoms with Gasteiger partial charge in [-0.2, -0.15) is 0 Å². The standard InChI is InChI=1S/C42H81N9O7/c1-25(2)19-30(24-52)46-38(54)32(16-12-14-18-44)47-39(55)34(21-27(5)6)49-41(57)36(23-29(9)10)51-42(58)35(22-28(7)8)50-40(56)33(20-26(3)4)48-37(53)31(45)15-11-13-17-43/h24-36H,11-23,43-45H2,1-10H3,(H,46,54)(H,47,55)(H,48,53)(H,49,57)(H,50,56)(H,51,58)/t30-,31-,32-,33-,34-,35-,36-/m0/s1. The molecule has 0 spiro atoms. The monoisotopic (exact) mass is 824 g/mol. The summed E-state index contributed by atoms with van der Waals surface area (Å²) in [6, 6.07) is -6.59. The maximum Gasteiger partial charge on any atom is 0.243 e. The molecular weight excluding hydrogens is 743 g/mol. The first-order valence-corrected chi connectivity index (χ1v) is 21.6. The Labute approximate surface area is 348 Å². The molecule has 0 bridgehead atoms. The van der Waals surface area contributed by atoms with Crippen molar-refractivity contribution in [3.63, 3.8) is 0 Å². The molecule has 0 heterocycles. The lowest BCUT2D eigenvalue weighted by molar-refractivity contribution is -0.136. The van der Waals surface area contributed by atoms with E-state index in [1.54, 1.807) is 0 Å². The van der Waals surface area contributed by atoms with E-state index in [2.05, 4.69) is 31.9 Å². The number of nitrogens with two attached hydrogens (primary N) is 3. The lowest BCUT2D eigenvalue weighted by Gasteiger charge is -2.29. The summed E-state index contributed by atoms with van der Waals surface area (Å²) in [4.78, 5) is 93.6. The average molecular weight is 824 g/mol. The van der Waals surface area contributed by atoms with Crippen LogP contribution in [0.25, 0.3) is 0 Å². The van der Waals surface area contributed by atoms with E-state index in [9.17, 15) is 33.6 Å². The number of unbranched alkanes of at least 4 members (excludes halogenated alkanes) is 2. The van der Waals surface area contributed by atoms with Gasteiger partial charge in [0.15, 0.2) is 0 Å². The highest BCUT2D eigenvalue weighted by Crippen LogP contribution is 2.14. The van der Waals surface area contributed by atoms with Crippen LogP contribution in [0.4, 0.5) is 0 Å². The molecule has 16 nitrogen and oxygen atoms in total. The fraction of sp³-hybridized carbons (Fsp3) is 0.833. The Bertz CT molecular complexity index is 1260. The van der Waals surface area contributed by atoms with Crippen LogP contribution in [0.2, 0.25) is 0 Å². The minimum atomic E-state index is -1.06. The van der Waals surface area contributed by atoms with E-state index in [0.29, 0.717) is 57.9 Å². The highest BCUT2D eigenvalue weighted by molar-refractivity contribution is 5.96. The van der Waals surface area contributed by atoms with Gasteiger partial charge in [0.05, 0.1) is 12.1 Å². The maximum atomic E-state index is 14.0. The number of hydrogen-bond acceptors (Lipinski definition) is 10. The van der Waals surface area contributed by atoms with Gasteiger partial charge in [0, 0.05) is 0 Å². The minimum absolute atomic E-state index is 0.0242. The second-order valence-electron chi connectivity index (χ2n) is 17.9. The van der Waals surface area contributed by atoms with Crippen molar-refractivity contribution in [3.05, 3.63) is 0 Å². The normalized spacial score (nSPS) is 15.3. The third kappa shape index (κ3) is 23.7. The largest absolute Gasteiger partial charge is 0.345 e. The predicted octanol–water partition coefficient (Wildman–Crippen LogP) is 1.91. The van der Waals surface area contributed by atoms with Gasteiger partial charge in [-0.05, 0) is 107 Å². The molecule has 0 fully saturated rings. The summed E-state index contributed by atoms with van der Waals surface area (Å²) in [6.07, 6.45) is 5.44. The first kappa shape index (κ1) is 54.4. The Morgan fingerprint density at radius 2 is 0.707 bits per heavy atom. The molecule has 7 atom stereocenters. The van der Waals surface area contributed by atoms with Crippen molar-refractivity contribution in [2.45, 2.75) is 182 Å². The number of hydrogen-bond donors (Lipinski definition) is 9. The second kappa shape index (κ2) is 29.6. The van der Waals surface area contributed by atoms with Gasteiger partial charge in [0.25, 0.3) is 0 Å². The van der Waals surface area contributed by atoms with Gasteiger partial charge < -0.3 is 53.9 Å². The van der Waals surface area contributed by atoms with Gasteiger partial charge in [-0.1, -0.05) is 75.7 Å². The summed E-state index contributed by atoms with van der Waals surface area (Å²) in [5.41, 5.74) is 17.4. The van der Waals surface area contributed by atoms with E-state index in [4.69, 9.17) is 17.2 Å². The summed E-state index contributed by atoms with van der Waals surface area (Å²) < 4.78 is 0. The predicted molar refractivity (Wildman–Crippen MR) is 229 cm³/mol. The van der Waals surface area contributed by atoms with Gasteiger partial charge in [-0.25, -0.2) is 0 Å². The molecule has 0 saturated heterocycles. The van der Waals surface area contributed by atoms with Crippen molar-refractivity contribution in [2.24, 2.45) is 46.8 Å². The Morgan fingerprint density at radius 3 is 1.02 bits per heavy atom. The van der Waals surface area contributed by atoms with Crippen LogP contribution in [-0.4, -0.2) is 97.1 Å². The van der Waals surface area contributed by atoms with Crippen molar-refractivity contribution >= 4 is 41.7 Å². The molecule has 0 aliphatic heterocycles. The van der Waals surface area contributed by atoms with Crippen LogP contribution in [0.5, 0.6) is 0 Å². The number of aldehydes is 1. The molecule has 0 rings (SSSR count). The van der Waals surface area contributed by atoms with E-state index in [1.807, 2.05) is 69.2 Å². The molecule has 0 unspecified atom stereocenters. The molecule has 0 aromatic carbocycles. The minimum Gasteiger partial charge on any atom is -0.345 e. The van der Waals surface area contributed by atoms with Gasteiger partial charge in [0.1, 0.15) is 36.5 Å². The van der Waals surface area contributed by atoms with Crippen molar-refractivity contribution in [1.82, 2.24) is 31.9 Å². The summed E-state index contributed by atoms with van der Waals surface area (Å²) in [5.74, 6) is -3.16. The first-order valence-electron chi connectivity index (χ1n) is 21.6. The summed E-state index contributed by atoms with van der Waals surface area (Å²) >= 11 is 0. The summed E-state index contributed by atoms with van der Waals surface area (Å²) in [7, 11) is 0. The molecule has 58 heavy (non-hydrogen) atoms. The molecule has 0 aliphatic rings. The van der Waals surface area contributed by atoms with Crippen LogP contribution in [0.3, 0.4) is 0 Å². The highest BCUT2D eigenvalue weighted by atomic mass is 16.2. The van der Waals surface area contributed by atoms with Crippen LogP contribution in [0, 0.1) is 29.6 Å². The zero-order chi connectivity index (χ0) is 44.5. The lowest BCUT2D eigenvalue weighted by atomic mass is 9.97. The number of nitrogens with one attached hydrogen (secondary N) is 6. The van der Waals surface area contributed by atoms with Crippen molar-refractivity contribution < 1.29 is 33.6 Å². The maximum absolute atomic E-state index is 14.0. The molecule has 0 aromatic rings. The smallest absolute Gasteiger partial charge is 0.243 e. The van der Waals surface area contributed by atoms with Crippen LogP contribution >= 0.6 is 0 Å². The van der Waals surface area contributed by atoms with Crippen molar-refractivity contribution in [2.75, 3.05) is 13.1 Å². The van der Waals surface area contributed by atoms with Gasteiger partial charge in [-0.3, -0.25) is 28.8 Å².